The van der Waals surface area contributed by atoms with Gasteiger partial charge in [0.1, 0.15) is 0 Å². The first kappa shape index (κ1) is 6.62. The Hall–Kier alpha value is -0.0800. The van der Waals surface area contributed by atoms with Crippen molar-refractivity contribution in [3.8, 4) is 0 Å². The normalized spacial score (nSPS) is 29.7. The van der Waals surface area contributed by atoms with E-state index < -0.39 is 0 Å². The maximum absolute atomic E-state index is 5.19. The fourth-order valence-corrected chi connectivity index (χ4v) is 2.22. The SMILES string of the molecule is CNCC1CC2(COC2)C1. The summed E-state index contributed by atoms with van der Waals surface area (Å²) in [5, 5.41) is 3.21. The molecule has 2 nitrogen and oxygen atoms in total. The smallest absolute Gasteiger partial charge is 0.0545 e. The number of nitrogens with one attached hydrogen (secondary N) is 1. The highest BCUT2D eigenvalue weighted by Crippen LogP contribution is 2.50. The van der Waals surface area contributed by atoms with Gasteiger partial charge < -0.3 is 10.1 Å². The van der Waals surface area contributed by atoms with Gasteiger partial charge in [-0.25, -0.2) is 0 Å². The highest BCUT2D eigenvalue weighted by Gasteiger charge is 2.49. The van der Waals surface area contributed by atoms with Gasteiger partial charge in [-0.2, -0.15) is 0 Å². The molecule has 1 heterocycles. The molecule has 1 saturated heterocycles. The predicted molar refractivity (Wildman–Crippen MR) is 39.9 cm³/mol. The predicted octanol–water partition coefficient (Wildman–Crippen LogP) is 0.632. The second kappa shape index (κ2) is 2.21. The van der Waals surface area contributed by atoms with Crippen LogP contribution in [0.2, 0.25) is 0 Å². The van der Waals surface area contributed by atoms with E-state index in [0.29, 0.717) is 5.41 Å². The number of ether oxygens (including phenoxy) is 1. The molecule has 58 valence electrons. The maximum Gasteiger partial charge on any atom is 0.0545 e. The third-order valence-corrected chi connectivity index (χ3v) is 2.75. The van der Waals surface area contributed by atoms with E-state index in [1.807, 2.05) is 7.05 Å². The lowest BCUT2D eigenvalue weighted by molar-refractivity contribution is -0.177. The monoisotopic (exact) mass is 141 g/mol. The molecule has 0 aromatic heterocycles. The van der Waals surface area contributed by atoms with Crippen LogP contribution in [0.4, 0.5) is 0 Å². The van der Waals surface area contributed by atoms with E-state index in [0.717, 1.165) is 19.1 Å². The Morgan fingerprint density at radius 3 is 2.60 bits per heavy atom. The van der Waals surface area contributed by atoms with E-state index in [4.69, 9.17) is 4.74 Å². The lowest BCUT2D eigenvalue weighted by Gasteiger charge is -2.53. The summed E-state index contributed by atoms with van der Waals surface area (Å²) < 4.78 is 5.19. The summed E-state index contributed by atoms with van der Waals surface area (Å²) in [5.74, 6) is 0.939. The van der Waals surface area contributed by atoms with Gasteiger partial charge in [0, 0.05) is 5.41 Å². The van der Waals surface area contributed by atoms with Crippen LogP contribution in [-0.4, -0.2) is 26.8 Å². The molecule has 0 aromatic carbocycles. The van der Waals surface area contributed by atoms with Gasteiger partial charge in [0.15, 0.2) is 0 Å². The molecule has 1 aliphatic heterocycles. The number of hydrogen-bond donors (Lipinski definition) is 1. The topological polar surface area (TPSA) is 21.3 Å². The molecule has 0 amide bonds. The van der Waals surface area contributed by atoms with Gasteiger partial charge in [0.05, 0.1) is 13.2 Å². The molecule has 0 atom stereocenters. The number of hydrogen-bond acceptors (Lipinski definition) is 2. The molecule has 0 aromatic rings. The second-order valence-electron chi connectivity index (χ2n) is 3.82. The standard InChI is InChI=1S/C8H15NO/c1-9-4-7-2-8(3-7)5-10-6-8/h7,9H,2-6H2,1H3. The Morgan fingerprint density at radius 1 is 1.50 bits per heavy atom. The van der Waals surface area contributed by atoms with Crippen molar-refractivity contribution in [2.24, 2.45) is 11.3 Å². The van der Waals surface area contributed by atoms with Gasteiger partial charge in [-0.05, 0) is 32.4 Å². The average molecular weight is 141 g/mol. The molecule has 0 unspecified atom stereocenters. The minimum atomic E-state index is 0.654. The van der Waals surface area contributed by atoms with Crippen LogP contribution in [0.15, 0.2) is 0 Å². The number of rotatable bonds is 2. The molecule has 0 radical (unpaired) electrons. The Morgan fingerprint density at radius 2 is 2.20 bits per heavy atom. The zero-order valence-electron chi connectivity index (χ0n) is 6.52. The zero-order chi connectivity index (χ0) is 7.03. The largest absolute Gasteiger partial charge is 0.380 e. The Bertz CT molecular complexity index is 123. The van der Waals surface area contributed by atoms with E-state index >= 15 is 0 Å². The second-order valence-corrected chi connectivity index (χ2v) is 3.82. The van der Waals surface area contributed by atoms with Gasteiger partial charge >= 0.3 is 0 Å². The van der Waals surface area contributed by atoms with E-state index in [1.165, 1.54) is 19.4 Å². The fraction of sp³-hybridized carbons (Fsp3) is 1.00. The average Bonchev–Trinajstić information content (AvgIpc) is 1.72. The molecule has 1 spiro atoms. The first-order valence-electron chi connectivity index (χ1n) is 4.07. The van der Waals surface area contributed by atoms with Gasteiger partial charge in [-0.1, -0.05) is 0 Å². The Kier molecular flexibility index (Phi) is 1.46. The molecule has 2 heteroatoms. The maximum atomic E-state index is 5.19. The van der Waals surface area contributed by atoms with E-state index in [9.17, 15) is 0 Å². The zero-order valence-corrected chi connectivity index (χ0v) is 6.52. The molecule has 1 N–H and O–H groups in total. The molecule has 1 saturated carbocycles. The van der Waals surface area contributed by atoms with E-state index in [1.54, 1.807) is 0 Å². The lowest BCUT2D eigenvalue weighted by Crippen LogP contribution is -2.53. The van der Waals surface area contributed by atoms with Crippen molar-refractivity contribution in [3.05, 3.63) is 0 Å². The van der Waals surface area contributed by atoms with Gasteiger partial charge in [-0.15, -0.1) is 0 Å². The summed E-state index contributed by atoms with van der Waals surface area (Å²) in [7, 11) is 2.03. The molecule has 2 rings (SSSR count). The van der Waals surface area contributed by atoms with Gasteiger partial charge in [0.2, 0.25) is 0 Å². The Labute approximate surface area is 61.9 Å². The van der Waals surface area contributed by atoms with Crippen LogP contribution < -0.4 is 5.32 Å². The van der Waals surface area contributed by atoms with Gasteiger partial charge in [0.25, 0.3) is 0 Å². The highest BCUT2D eigenvalue weighted by molar-refractivity contribution is 4.98. The van der Waals surface area contributed by atoms with Crippen molar-refractivity contribution in [1.82, 2.24) is 5.32 Å². The lowest BCUT2D eigenvalue weighted by atomic mass is 9.61. The molecular formula is C8H15NO. The van der Waals surface area contributed by atoms with Crippen LogP contribution in [0.1, 0.15) is 12.8 Å². The minimum Gasteiger partial charge on any atom is -0.380 e. The summed E-state index contributed by atoms with van der Waals surface area (Å²) in [6, 6.07) is 0. The van der Waals surface area contributed by atoms with Crippen molar-refractivity contribution in [3.63, 3.8) is 0 Å². The quantitative estimate of drug-likeness (QED) is 0.609. The summed E-state index contributed by atoms with van der Waals surface area (Å²) in [5.41, 5.74) is 0.654. The van der Waals surface area contributed by atoms with Crippen LogP contribution in [-0.2, 0) is 4.74 Å². The summed E-state index contributed by atoms with van der Waals surface area (Å²) in [4.78, 5) is 0. The van der Waals surface area contributed by atoms with E-state index in [2.05, 4.69) is 5.32 Å². The molecule has 2 fully saturated rings. The van der Waals surface area contributed by atoms with Crippen molar-refractivity contribution < 1.29 is 4.74 Å². The van der Waals surface area contributed by atoms with Crippen LogP contribution in [0.25, 0.3) is 0 Å². The molecule has 0 bridgehead atoms. The van der Waals surface area contributed by atoms with Crippen LogP contribution in [0.5, 0.6) is 0 Å². The van der Waals surface area contributed by atoms with Gasteiger partial charge in [-0.3, -0.25) is 0 Å². The molecule has 2 aliphatic rings. The first-order chi connectivity index (χ1) is 4.85. The van der Waals surface area contributed by atoms with Crippen molar-refractivity contribution in [2.75, 3.05) is 26.8 Å². The van der Waals surface area contributed by atoms with E-state index in [-0.39, 0.29) is 0 Å². The molecular weight excluding hydrogens is 126 g/mol. The van der Waals surface area contributed by atoms with Crippen LogP contribution in [0, 0.1) is 11.3 Å². The van der Waals surface area contributed by atoms with Crippen LogP contribution >= 0.6 is 0 Å². The van der Waals surface area contributed by atoms with Crippen molar-refractivity contribution in [1.29, 1.82) is 0 Å². The fourth-order valence-electron chi connectivity index (χ4n) is 2.22. The summed E-state index contributed by atoms with van der Waals surface area (Å²) >= 11 is 0. The van der Waals surface area contributed by atoms with Crippen molar-refractivity contribution >= 4 is 0 Å². The third kappa shape index (κ3) is 0.867. The highest BCUT2D eigenvalue weighted by atomic mass is 16.5. The third-order valence-electron chi connectivity index (χ3n) is 2.75. The summed E-state index contributed by atoms with van der Waals surface area (Å²) in [6.07, 6.45) is 2.79. The van der Waals surface area contributed by atoms with Crippen LogP contribution in [0.3, 0.4) is 0 Å². The van der Waals surface area contributed by atoms with Crippen molar-refractivity contribution in [2.45, 2.75) is 12.8 Å². The Balaban J connectivity index is 1.72. The first-order valence-corrected chi connectivity index (χ1v) is 4.07. The molecule has 1 aliphatic carbocycles. The molecule has 10 heavy (non-hydrogen) atoms. The summed E-state index contributed by atoms with van der Waals surface area (Å²) in [6.45, 7) is 3.27. The minimum absolute atomic E-state index is 0.654.